The van der Waals surface area contributed by atoms with Crippen molar-refractivity contribution in [3.63, 3.8) is 0 Å². The van der Waals surface area contributed by atoms with Gasteiger partial charge in [0.2, 0.25) is 11.7 Å². The van der Waals surface area contributed by atoms with E-state index >= 15 is 0 Å². The second-order valence-corrected chi connectivity index (χ2v) is 4.76. The molecule has 0 unspecified atom stereocenters. The predicted molar refractivity (Wildman–Crippen MR) is 76.7 cm³/mol. The molecule has 0 amide bonds. The smallest absolute Gasteiger partial charge is 0.241 e. The molecule has 3 aromatic heterocycles. The summed E-state index contributed by atoms with van der Waals surface area (Å²) in [5.41, 5.74) is 1.02. The second kappa shape index (κ2) is 6.54. The minimum Gasteiger partial charge on any atom is -0.461 e. The molecule has 0 aromatic carbocycles. The van der Waals surface area contributed by atoms with E-state index in [0.29, 0.717) is 30.6 Å². The fourth-order valence-electron chi connectivity index (χ4n) is 2.18. The highest BCUT2D eigenvalue weighted by atomic mass is 16.5. The number of rotatable bonds is 7. The molecule has 8 heteroatoms. The number of hydrogen-bond donors (Lipinski definition) is 1. The summed E-state index contributed by atoms with van der Waals surface area (Å²) in [7, 11) is 3.55. The second-order valence-electron chi connectivity index (χ2n) is 4.76. The molecule has 3 aromatic rings. The maximum absolute atomic E-state index is 5.25. The van der Waals surface area contributed by atoms with Gasteiger partial charge < -0.3 is 13.7 Å². The van der Waals surface area contributed by atoms with Crippen LogP contribution in [0.2, 0.25) is 0 Å². The van der Waals surface area contributed by atoms with Crippen LogP contribution < -0.4 is 5.32 Å². The summed E-state index contributed by atoms with van der Waals surface area (Å²) in [5, 5.41) is 11.4. The van der Waals surface area contributed by atoms with E-state index in [1.807, 2.05) is 13.1 Å². The fraction of sp³-hybridized carbons (Fsp3) is 0.357. The van der Waals surface area contributed by atoms with Crippen molar-refractivity contribution in [3.05, 3.63) is 42.2 Å². The Morgan fingerprint density at radius 3 is 3.00 bits per heavy atom. The van der Waals surface area contributed by atoms with Crippen molar-refractivity contribution in [2.24, 2.45) is 7.05 Å². The van der Waals surface area contributed by atoms with Gasteiger partial charge in [0.1, 0.15) is 0 Å². The Kier molecular flexibility index (Phi) is 4.31. The van der Waals surface area contributed by atoms with Crippen molar-refractivity contribution in [2.45, 2.75) is 12.6 Å². The number of nitrogens with one attached hydrogen (secondary N) is 1. The molecule has 0 aliphatic rings. The van der Waals surface area contributed by atoms with E-state index in [2.05, 4.69) is 20.6 Å². The van der Waals surface area contributed by atoms with Crippen LogP contribution in [-0.2, 0) is 18.3 Å². The first kappa shape index (κ1) is 14.5. The Morgan fingerprint density at radius 2 is 2.32 bits per heavy atom. The highest BCUT2D eigenvalue weighted by Crippen LogP contribution is 2.17. The highest BCUT2D eigenvalue weighted by Gasteiger charge is 2.17. The zero-order chi connectivity index (χ0) is 15.4. The van der Waals surface area contributed by atoms with Gasteiger partial charge in [-0.2, -0.15) is 10.1 Å². The van der Waals surface area contributed by atoms with Gasteiger partial charge in [0.15, 0.2) is 5.76 Å². The summed E-state index contributed by atoms with van der Waals surface area (Å²) in [4.78, 5) is 4.29. The molecule has 116 valence electrons. The molecule has 0 aliphatic carbocycles. The lowest BCUT2D eigenvalue weighted by atomic mass is 10.2. The first-order valence-electron chi connectivity index (χ1n) is 6.84. The number of methoxy groups -OCH3 is 1. The average Bonchev–Trinajstić information content (AvgIpc) is 3.24. The molecule has 0 aliphatic heterocycles. The third-order valence-corrected chi connectivity index (χ3v) is 3.26. The van der Waals surface area contributed by atoms with Gasteiger partial charge in [0.25, 0.3) is 0 Å². The Labute approximate surface area is 127 Å². The predicted octanol–water partition coefficient (Wildman–Crippen LogP) is 1.54. The van der Waals surface area contributed by atoms with Gasteiger partial charge in [-0.25, -0.2) is 0 Å². The van der Waals surface area contributed by atoms with E-state index < -0.39 is 0 Å². The van der Waals surface area contributed by atoms with Crippen molar-refractivity contribution >= 4 is 0 Å². The molecule has 1 atom stereocenters. The summed E-state index contributed by atoms with van der Waals surface area (Å²) in [5.74, 6) is 1.50. The van der Waals surface area contributed by atoms with Crippen molar-refractivity contribution in [3.8, 4) is 11.6 Å². The minimum atomic E-state index is -0.0172. The molecule has 1 N–H and O–H groups in total. The number of nitrogens with zero attached hydrogens (tertiary/aromatic N) is 4. The van der Waals surface area contributed by atoms with E-state index in [9.17, 15) is 0 Å². The van der Waals surface area contributed by atoms with Crippen LogP contribution in [0.25, 0.3) is 11.6 Å². The first-order chi connectivity index (χ1) is 10.8. The summed E-state index contributed by atoms with van der Waals surface area (Å²) in [6.07, 6.45) is 3.32. The normalized spacial score (nSPS) is 12.6. The van der Waals surface area contributed by atoms with Gasteiger partial charge >= 0.3 is 0 Å². The molecule has 0 bridgehead atoms. The molecule has 0 radical (unpaired) electrons. The molecule has 0 spiro atoms. The standard InChI is InChI=1S/C14H17N5O3/c1-19-11(5-6-16-19)10(9-20-2)15-8-13-17-14(18-22-13)12-4-3-7-21-12/h3-7,10,15H,8-9H2,1-2H3/t10-/m1/s1. The molecule has 0 fully saturated rings. The third kappa shape index (κ3) is 3.07. The summed E-state index contributed by atoms with van der Waals surface area (Å²) in [6, 6.07) is 5.49. The van der Waals surface area contributed by atoms with Gasteiger partial charge in [-0.3, -0.25) is 10.00 Å². The Morgan fingerprint density at radius 1 is 1.41 bits per heavy atom. The SMILES string of the molecule is COC[C@@H](NCc1nc(-c2ccco2)no1)c1ccnn1C. The number of hydrogen-bond acceptors (Lipinski definition) is 7. The van der Waals surface area contributed by atoms with Crippen LogP contribution in [-0.4, -0.2) is 33.6 Å². The number of ether oxygens (including phenoxy) is 1. The maximum atomic E-state index is 5.25. The molecule has 0 saturated carbocycles. The molecular formula is C14H17N5O3. The van der Waals surface area contributed by atoms with Gasteiger partial charge in [0, 0.05) is 20.4 Å². The zero-order valence-corrected chi connectivity index (χ0v) is 12.4. The first-order valence-corrected chi connectivity index (χ1v) is 6.84. The monoisotopic (exact) mass is 303 g/mol. The van der Waals surface area contributed by atoms with E-state index in [1.54, 1.807) is 36.4 Å². The van der Waals surface area contributed by atoms with Crippen LogP contribution in [0, 0.1) is 0 Å². The lowest BCUT2D eigenvalue weighted by Gasteiger charge is -2.17. The minimum absolute atomic E-state index is 0.0172. The molecular weight excluding hydrogens is 286 g/mol. The maximum Gasteiger partial charge on any atom is 0.241 e. The van der Waals surface area contributed by atoms with Crippen molar-refractivity contribution < 1.29 is 13.7 Å². The number of aryl methyl sites for hydroxylation is 1. The van der Waals surface area contributed by atoms with Gasteiger partial charge in [-0.1, -0.05) is 5.16 Å². The van der Waals surface area contributed by atoms with Crippen LogP contribution >= 0.6 is 0 Å². The van der Waals surface area contributed by atoms with E-state index in [-0.39, 0.29) is 6.04 Å². The fourth-order valence-corrected chi connectivity index (χ4v) is 2.18. The summed E-state index contributed by atoms with van der Waals surface area (Å²) < 4.78 is 17.5. The molecule has 0 saturated heterocycles. The molecule has 3 heterocycles. The van der Waals surface area contributed by atoms with Crippen LogP contribution in [0.5, 0.6) is 0 Å². The quantitative estimate of drug-likeness (QED) is 0.708. The van der Waals surface area contributed by atoms with Crippen molar-refractivity contribution in [1.29, 1.82) is 0 Å². The molecule has 22 heavy (non-hydrogen) atoms. The lowest BCUT2D eigenvalue weighted by molar-refractivity contribution is 0.161. The zero-order valence-electron chi connectivity index (χ0n) is 12.4. The molecule has 3 rings (SSSR count). The largest absolute Gasteiger partial charge is 0.461 e. The number of furan rings is 1. The third-order valence-electron chi connectivity index (χ3n) is 3.26. The topological polar surface area (TPSA) is 91.1 Å². The Hall–Kier alpha value is -2.45. The van der Waals surface area contributed by atoms with Crippen LogP contribution in [0.15, 0.2) is 39.6 Å². The van der Waals surface area contributed by atoms with Crippen LogP contribution in [0.3, 0.4) is 0 Å². The van der Waals surface area contributed by atoms with Gasteiger partial charge in [0.05, 0.1) is 31.2 Å². The van der Waals surface area contributed by atoms with Crippen LogP contribution in [0.4, 0.5) is 0 Å². The van der Waals surface area contributed by atoms with Gasteiger partial charge in [-0.15, -0.1) is 0 Å². The van der Waals surface area contributed by atoms with E-state index in [4.69, 9.17) is 13.7 Å². The summed E-state index contributed by atoms with van der Waals surface area (Å²) in [6.45, 7) is 0.936. The van der Waals surface area contributed by atoms with Crippen LogP contribution in [0.1, 0.15) is 17.6 Å². The lowest BCUT2D eigenvalue weighted by Crippen LogP contribution is -2.27. The van der Waals surface area contributed by atoms with Crippen molar-refractivity contribution in [1.82, 2.24) is 25.2 Å². The Bertz CT molecular complexity index is 704. The Balaban J connectivity index is 1.66. The average molecular weight is 303 g/mol. The highest BCUT2D eigenvalue weighted by molar-refractivity contribution is 5.44. The van der Waals surface area contributed by atoms with E-state index in [1.165, 1.54) is 0 Å². The molecule has 8 nitrogen and oxygen atoms in total. The van der Waals surface area contributed by atoms with Gasteiger partial charge in [-0.05, 0) is 18.2 Å². The van der Waals surface area contributed by atoms with Crippen molar-refractivity contribution in [2.75, 3.05) is 13.7 Å². The summed E-state index contributed by atoms with van der Waals surface area (Å²) >= 11 is 0. The number of aromatic nitrogens is 4. The van der Waals surface area contributed by atoms with E-state index in [0.717, 1.165) is 5.69 Å².